The van der Waals surface area contributed by atoms with Gasteiger partial charge in [0.25, 0.3) is 0 Å². The van der Waals surface area contributed by atoms with Crippen LogP contribution in [0.1, 0.15) is 57.8 Å². The molecule has 1 spiro atoms. The van der Waals surface area contributed by atoms with Crippen molar-refractivity contribution in [3.8, 4) is 0 Å². The fraction of sp³-hybridized carbons (Fsp3) is 1.00. The Labute approximate surface area is 118 Å². The fourth-order valence-electron chi connectivity index (χ4n) is 4.65. The summed E-state index contributed by atoms with van der Waals surface area (Å²) in [5.41, 5.74) is 0.638. The minimum absolute atomic E-state index is 0.638. The second-order valence-corrected chi connectivity index (χ2v) is 7.81. The number of likely N-dealkylation sites (tertiary alicyclic amines) is 2. The molecule has 19 heavy (non-hydrogen) atoms. The molecular formula is C17H30N2. The first-order chi connectivity index (χ1) is 9.34. The van der Waals surface area contributed by atoms with Gasteiger partial charge in [0.05, 0.1) is 0 Å². The molecule has 108 valence electrons. The zero-order valence-corrected chi connectivity index (χ0v) is 12.4. The summed E-state index contributed by atoms with van der Waals surface area (Å²) in [6, 6.07) is 0. The molecule has 0 unspecified atom stereocenters. The van der Waals surface area contributed by atoms with Gasteiger partial charge in [-0.15, -0.1) is 0 Å². The van der Waals surface area contributed by atoms with Crippen LogP contribution in [0.5, 0.6) is 0 Å². The highest BCUT2D eigenvalue weighted by Crippen LogP contribution is 2.42. The van der Waals surface area contributed by atoms with Gasteiger partial charge in [0, 0.05) is 18.6 Å². The molecule has 2 heterocycles. The number of rotatable bonds is 4. The predicted molar refractivity (Wildman–Crippen MR) is 79.3 cm³/mol. The second-order valence-electron chi connectivity index (χ2n) is 7.81. The Hall–Kier alpha value is -0.0800. The van der Waals surface area contributed by atoms with Crippen LogP contribution < -0.4 is 0 Å². The summed E-state index contributed by atoms with van der Waals surface area (Å²) in [7, 11) is 0. The average molecular weight is 262 g/mol. The third-order valence-corrected chi connectivity index (χ3v) is 6.44. The summed E-state index contributed by atoms with van der Waals surface area (Å²) in [6.07, 6.45) is 13.4. The Balaban J connectivity index is 1.32. The molecule has 2 heteroatoms. The van der Waals surface area contributed by atoms with Gasteiger partial charge in [-0.25, -0.2) is 0 Å². The standard InChI is InChI=1S/C17H30N2/c1-3-15(4-1)13-18-11-8-17(9-12-18)7-2-10-19(17)14-16-5-6-16/h15-16H,1-14H2. The van der Waals surface area contributed by atoms with Gasteiger partial charge in [0.2, 0.25) is 0 Å². The van der Waals surface area contributed by atoms with Gasteiger partial charge in [0.1, 0.15) is 0 Å². The van der Waals surface area contributed by atoms with Gasteiger partial charge < -0.3 is 4.90 Å². The first-order valence-corrected chi connectivity index (χ1v) is 8.81. The van der Waals surface area contributed by atoms with Crippen LogP contribution in [0.2, 0.25) is 0 Å². The molecule has 4 fully saturated rings. The smallest absolute Gasteiger partial charge is 0.0234 e. The minimum atomic E-state index is 0.638. The van der Waals surface area contributed by atoms with Crippen LogP contribution in [0.15, 0.2) is 0 Å². The van der Waals surface area contributed by atoms with Crippen LogP contribution in [-0.2, 0) is 0 Å². The number of hydrogen-bond acceptors (Lipinski definition) is 2. The zero-order valence-electron chi connectivity index (χ0n) is 12.4. The van der Waals surface area contributed by atoms with Gasteiger partial charge in [0.15, 0.2) is 0 Å². The van der Waals surface area contributed by atoms with Crippen LogP contribution in [0.4, 0.5) is 0 Å². The molecule has 2 nitrogen and oxygen atoms in total. The Bertz CT molecular complexity index is 311. The maximum atomic E-state index is 2.91. The van der Waals surface area contributed by atoms with E-state index in [-0.39, 0.29) is 0 Å². The molecule has 0 bridgehead atoms. The highest BCUT2D eigenvalue weighted by Gasteiger charge is 2.44. The average Bonchev–Trinajstić information content (AvgIpc) is 3.11. The van der Waals surface area contributed by atoms with Gasteiger partial charge in [-0.3, -0.25) is 4.90 Å². The van der Waals surface area contributed by atoms with Crippen molar-refractivity contribution >= 4 is 0 Å². The molecule has 2 saturated heterocycles. The molecule has 0 N–H and O–H groups in total. The van der Waals surface area contributed by atoms with E-state index in [1.165, 1.54) is 90.5 Å². The molecule has 2 saturated carbocycles. The Kier molecular flexibility index (Phi) is 3.35. The quantitative estimate of drug-likeness (QED) is 0.768. The molecule has 0 aromatic heterocycles. The van der Waals surface area contributed by atoms with Crippen LogP contribution in [-0.4, -0.2) is 48.1 Å². The first kappa shape index (κ1) is 12.6. The van der Waals surface area contributed by atoms with E-state index in [9.17, 15) is 0 Å². The molecule has 4 aliphatic rings. The van der Waals surface area contributed by atoms with E-state index >= 15 is 0 Å². The second kappa shape index (κ2) is 5.04. The van der Waals surface area contributed by atoms with Crippen molar-refractivity contribution in [3.05, 3.63) is 0 Å². The summed E-state index contributed by atoms with van der Waals surface area (Å²) < 4.78 is 0. The lowest BCUT2D eigenvalue weighted by molar-refractivity contribution is 0.0384. The van der Waals surface area contributed by atoms with Gasteiger partial charge in [-0.05, 0) is 82.8 Å². The van der Waals surface area contributed by atoms with E-state index in [1.54, 1.807) is 0 Å². The van der Waals surface area contributed by atoms with Crippen molar-refractivity contribution in [2.75, 3.05) is 32.7 Å². The van der Waals surface area contributed by atoms with E-state index in [0.29, 0.717) is 5.54 Å². The van der Waals surface area contributed by atoms with Gasteiger partial charge >= 0.3 is 0 Å². The molecule has 2 aliphatic heterocycles. The van der Waals surface area contributed by atoms with E-state index in [0.717, 1.165) is 11.8 Å². The minimum Gasteiger partial charge on any atom is -0.303 e. The predicted octanol–water partition coefficient (Wildman–Crippen LogP) is 3.13. The van der Waals surface area contributed by atoms with Crippen molar-refractivity contribution in [2.45, 2.75) is 63.3 Å². The molecule has 0 amide bonds. The number of nitrogens with zero attached hydrogens (tertiary/aromatic N) is 2. The van der Waals surface area contributed by atoms with Crippen molar-refractivity contribution < 1.29 is 0 Å². The topological polar surface area (TPSA) is 6.48 Å². The summed E-state index contributed by atoms with van der Waals surface area (Å²) in [5.74, 6) is 2.13. The van der Waals surface area contributed by atoms with E-state index < -0.39 is 0 Å². The van der Waals surface area contributed by atoms with E-state index in [2.05, 4.69) is 9.80 Å². The normalized spacial score (nSPS) is 32.8. The lowest BCUT2D eigenvalue weighted by Gasteiger charge is -2.46. The molecule has 4 rings (SSSR count). The third kappa shape index (κ3) is 2.58. The monoisotopic (exact) mass is 262 g/mol. The van der Waals surface area contributed by atoms with Gasteiger partial charge in [-0.1, -0.05) is 6.42 Å². The summed E-state index contributed by atoms with van der Waals surface area (Å²) in [5, 5.41) is 0. The third-order valence-electron chi connectivity index (χ3n) is 6.44. The van der Waals surface area contributed by atoms with Crippen molar-refractivity contribution in [3.63, 3.8) is 0 Å². The van der Waals surface area contributed by atoms with Crippen LogP contribution in [0.3, 0.4) is 0 Å². The molecule has 0 radical (unpaired) electrons. The highest BCUT2D eigenvalue weighted by atomic mass is 15.3. The molecule has 0 atom stereocenters. The largest absolute Gasteiger partial charge is 0.303 e. The Morgan fingerprint density at radius 2 is 1.47 bits per heavy atom. The molecule has 0 aromatic carbocycles. The Morgan fingerprint density at radius 1 is 0.737 bits per heavy atom. The zero-order chi connectivity index (χ0) is 12.7. The molecule has 2 aliphatic carbocycles. The first-order valence-electron chi connectivity index (χ1n) is 8.81. The lowest BCUT2D eigenvalue weighted by atomic mass is 9.82. The maximum absolute atomic E-state index is 2.91. The van der Waals surface area contributed by atoms with Crippen LogP contribution in [0.25, 0.3) is 0 Å². The Morgan fingerprint density at radius 3 is 2.11 bits per heavy atom. The fourth-order valence-corrected chi connectivity index (χ4v) is 4.65. The maximum Gasteiger partial charge on any atom is 0.0234 e. The SMILES string of the molecule is C1CC(CN2CCC3(CCCN3CC3CC3)CC2)C1. The van der Waals surface area contributed by atoms with Gasteiger partial charge in [-0.2, -0.15) is 0 Å². The summed E-state index contributed by atoms with van der Waals surface area (Å²) >= 11 is 0. The van der Waals surface area contributed by atoms with Crippen LogP contribution >= 0.6 is 0 Å². The van der Waals surface area contributed by atoms with Crippen molar-refractivity contribution in [1.82, 2.24) is 9.80 Å². The molecular weight excluding hydrogens is 232 g/mol. The lowest BCUT2D eigenvalue weighted by Crippen LogP contribution is -2.53. The van der Waals surface area contributed by atoms with Crippen molar-refractivity contribution in [2.24, 2.45) is 11.8 Å². The van der Waals surface area contributed by atoms with Crippen molar-refractivity contribution in [1.29, 1.82) is 0 Å². The summed E-state index contributed by atoms with van der Waals surface area (Å²) in [6.45, 7) is 7.02. The number of piperidine rings is 1. The van der Waals surface area contributed by atoms with E-state index in [4.69, 9.17) is 0 Å². The van der Waals surface area contributed by atoms with Crippen LogP contribution in [0, 0.1) is 11.8 Å². The van der Waals surface area contributed by atoms with E-state index in [1.807, 2.05) is 0 Å². The molecule has 0 aromatic rings. The number of hydrogen-bond donors (Lipinski definition) is 0. The highest BCUT2D eigenvalue weighted by molar-refractivity contribution is 5.01. The summed E-state index contributed by atoms with van der Waals surface area (Å²) in [4.78, 5) is 5.69.